The van der Waals surface area contributed by atoms with Crippen LogP contribution in [0.3, 0.4) is 0 Å². The van der Waals surface area contributed by atoms with Crippen LogP contribution in [0.1, 0.15) is 19.6 Å². The molecular weight excluding hydrogens is 256 g/mol. The van der Waals surface area contributed by atoms with Gasteiger partial charge < -0.3 is 9.32 Å². The van der Waals surface area contributed by atoms with Gasteiger partial charge in [0.15, 0.2) is 0 Å². The number of urea groups is 1. The first-order valence-corrected chi connectivity index (χ1v) is 6.68. The van der Waals surface area contributed by atoms with Crippen molar-refractivity contribution in [2.45, 2.75) is 13.8 Å². The van der Waals surface area contributed by atoms with Crippen LogP contribution in [0, 0.1) is 0 Å². The Kier molecular flexibility index (Phi) is 4.40. The second-order valence-corrected chi connectivity index (χ2v) is 4.41. The van der Waals surface area contributed by atoms with Gasteiger partial charge in [0, 0.05) is 18.7 Å². The predicted molar refractivity (Wildman–Crippen MR) is 75.9 cm³/mol. The number of allylic oxidation sites excluding steroid dienone is 2. The van der Waals surface area contributed by atoms with Crippen LogP contribution in [0.2, 0.25) is 0 Å². The lowest BCUT2D eigenvalue weighted by atomic mass is 10.1. The number of likely N-dealkylation sites (N-methyl/N-ethyl adjacent to an activating group) is 2. The standard InChI is InChI=1S/C15H18N2O3/c1-3-16-11-12(14(18)17(4-2)15(16)19)7-5-8-13-9-6-10-20-13/h5-10H,3-4,11H2,1-2H3/b8-5+,12-7+. The van der Waals surface area contributed by atoms with Crippen LogP contribution >= 0.6 is 0 Å². The first kappa shape index (κ1) is 14.1. The van der Waals surface area contributed by atoms with Crippen molar-refractivity contribution in [1.82, 2.24) is 9.80 Å². The first-order chi connectivity index (χ1) is 9.67. The zero-order valence-electron chi connectivity index (χ0n) is 11.7. The molecule has 5 nitrogen and oxygen atoms in total. The maximum absolute atomic E-state index is 12.2. The van der Waals surface area contributed by atoms with E-state index in [0.717, 1.165) is 5.76 Å². The molecule has 0 radical (unpaired) electrons. The number of furan rings is 1. The van der Waals surface area contributed by atoms with Gasteiger partial charge in [0.05, 0.1) is 12.8 Å². The van der Waals surface area contributed by atoms with Gasteiger partial charge in [0.1, 0.15) is 5.76 Å². The van der Waals surface area contributed by atoms with Gasteiger partial charge in [-0.2, -0.15) is 0 Å². The lowest BCUT2D eigenvalue weighted by Gasteiger charge is -2.34. The molecule has 0 atom stereocenters. The number of carbonyl (C=O) groups is 2. The van der Waals surface area contributed by atoms with E-state index in [9.17, 15) is 9.59 Å². The van der Waals surface area contributed by atoms with E-state index in [0.29, 0.717) is 25.2 Å². The molecule has 0 unspecified atom stereocenters. The third-order valence-electron chi connectivity index (χ3n) is 3.18. The van der Waals surface area contributed by atoms with E-state index < -0.39 is 0 Å². The van der Waals surface area contributed by atoms with E-state index in [1.54, 1.807) is 42.4 Å². The summed E-state index contributed by atoms with van der Waals surface area (Å²) in [6, 6.07) is 3.42. The molecule has 0 bridgehead atoms. The van der Waals surface area contributed by atoms with Crippen molar-refractivity contribution in [1.29, 1.82) is 0 Å². The summed E-state index contributed by atoms with van der Waals surface area (Å²) in [5.41, 5.74) is 0.608. The molecule has 3 amide bonds. The van der Waals surface area contributed by atoms with Crippen molar-refractivity contribution in [3.63, 3.8) is 0 Å². The van der Waals surface area contributed by atoms with E-state index in [2.05, 4.69) is 0 Å². The summed E-state index contributed by atoms with van der Waals surface area (Å²) in [5, 5.41) is 0. The van der Waals surface area contributed by atoms with Crippen molar-refractivity contribution >= 4 is 18.0 Å². The van der Waals surface area contributed by atoms with Gasteiger partial charge in [-0.1, -0.05) is 12.2 Å². The number of hydrogen-bond acceptors (Lipinski definition) is 3. The molecule has 5 heteroatoms. The van der Waals surface area contributed by atoms with Crippen molar-refractivity contribution in [3.8, 4) is 0 Å². The summed E-state index contributed by atoms with van der Waals surface area (Å²) in [4.78, 5) is 27.1. The molecule has 1 saturated heterocycles. The molecule has 1 aliphatic rings. The molecule has 0 aliphatic carbocycles. The molecule has 0 aromatic carbocycles. The monoisotopic (exact) mass is 274 g/mol. The number of imide groups is 1. The summed E-state index contributed by atoms with van der Waals surface area (Å²) < 4.78 is 5.18. The number of amides is 3. The minimum Gasteiger partial charge on any atom is -0.465 e. The van der Waals surface area contributed by atoms with Gasteiger partial charge in [-0.15, -0.1) is 0 Å². The van der Waals surface area contributed by atoms with Crippen molar-refractivity contribution < 1.29 is 14.0 Å². The minimum absolute atomic E-state index is 0.216. The summed E-state index contributed by atoms with van der Waals surface area (Å²) >= 11 is 0. The van der Waals surface area contributed by atoms with E-state index in [1.807, 2.05) is 13.0 Å². The van der Waals surface area contributed by atoms with Crippen molar-refractivity contribution in [2.24, 2.45) is 0 Å². The Hall–Kier alpha value is -2.30. The molecule has 2 heterocycles. The van der Waals surface area contributed by atoms with Crippen LogP contribution in [-0.4, -0.2) is 41.4 Å². The molecule has 106 valence electrons. The SMILES string of the molecule is CCN1C/C(=C\C=C\c2ccco2)C(=O)N(CC)C1=O. The lowest BCUT2D eigenvalue weighted by molar-refractivity contribution is -0.126. The van der Waals surface area contributed by atoms with Crippen molar-refractivity contribution in [3.05, 3.63) is 41.9 Å². The van der Waals surface area contributed by atoms with Crippen LogP contribution in [-0.2, 0) is 4.79 Å². The predicted octanol–water partition coefficient (Wildman–Crippen LogP) is 2.52. The molecule has 1 aromatic rings. The van der Waals surface area contributed by atoms with Crippen LogP contribution in [0.25, 0.3) is 6.08 Å². The second-order valence-electron chi connectivity index (χ2n) is 4.41. The van der Waals surface area contributed by atoms with Gasteiger partial charge in [0.2, 0.25) is 0 Å². The topological polar surface area (TPSA) is 53.8 Å². The molecular formula is C15H18N2O3. The Morgan fingerprint density at radius 2 is 2.10 bits per heavy atom. The molecule has 1 aromatic heterocycles. The van der Waals surface area contributed by atoms with Crippen LogP contribution < -0.4 is 0 Å². The number of rotatable bonds is 4. The van der Waals surface area contributed by atoms with E-state index in [-0.39, 0.29) is 11.9 Å². The highest BCUT2D eigenvalue weighted by Gasteiger charge is 2.33. The Labute approximate surface area is 118 Å². The van der Waals surface area contributed by atoms with E-state index >= 15 is 0 Å². The molecule has 1 aliphatic heterocycles. The highest BCUT2D eigenvalue weighted by molar-refractivity contribution is 6.07. The summed E-state index contributed by atoms with van der Waals surface area (Å²) in [5.74, 6) is 0.507. The third kappa shape index (κ3) is 2.82. The fourth-order valence-electron chi connectivity index (χ4n) is 2.07. The first-order valence-electron chi connectivity index (χ1n) is 6.68. The Balaban J connectivity index is 2.17. The van der Waals surface area contributed by atoms with Crippen LogP contribution in [0.4, 0.5) is 4.79 Å². The summed E-state index contributed by atoms with van der Waals surface area (Å²) in [6.45, 7) is 5.02. The number of nitrogens with zero attached hydrogens (tertiary/aromatic N) is 2. The average molecular weight is 274 g/mol. The third-order valence-corrected chi connectivity index (χ3v) is 3.18. The van der Waals surface area contributed by atoms with E-state index in [1.165, 1.54) is 4.90 Å². The maximum atomic E-state index is 12.2. The molecule has 1 fully saturated rings. The smallest absolute Gasteiger partial charge is 0.327 e. The van der Waals surface area contributed by atoms with E-state index in [4.69, 9.17) is 4.42 Å². The lowest BCUT2D eigenvalue weighted by Crippen LogP contribution is -2.53. The molecule has 0 saturated carbocycles. The quantitative estimate of drug-likeness (QED) is 0.793. The maximum Gasteiger partial charge on any atom is 0.327 e. The summed E-state index contributed by atoms with van der Waals surface area (Å²) in [6.07, 6.45) is 6.88. The van der Waals surface area contributed by atoms with Gasteiger partial charge in [-0.25, -0.2) is 4.79 Å². The van der Waals surface area contributed by atoms with Crippen molar-refractivity contribution in [2.75, 3.05) is 19.6 Å². The number of hydrogen-bond donors (Lipinski definition) is 0. The second kappa shape index (κ2) is 6.23. The Bertz CT molecular complexity index is 543. The highest BCUT2D eigenvalue weighted by atomic mass is 16.3. The minimum atomic E-state index is -0.216. The fourth-order valence-corrected chi connectivity index (χ4v) is 2.07. The summed E-state index contributed by atoms with van der Waals surface area (Å²) in [7, 11) is 0. The van der Waals surface area contributed by atoms with Crippen LogP contribution in [0.5, 0.6) is 0 Å². The normalized spacial score (nSPS) is 18.6. The Morgan fingerprint density at radius 1 is 1.30 bits per heavy atom. The molecule has 0 spiro atoms. The van der Waals surface area contributed by atoms with Gasteiger partial charge in [0.25, 0.3) is 5.91 Å². The molecule has 0 N–H and O–H groups in total. The Morgan fingerprint density at radius 3 is 2.70 bits per heavy atom. The molecule has 2 rings (SSSR count). The zero-order chi connectivity index (χ0) is 14.5. The average Bonchev–Trinajstić information content (AvgIpc) is 2.95. The highest BCUT2D eigenvalue weighted by Crippen LogP contribution is 2.15. The fraction of sp³-hybridized carbons (Fsp3) is 0.333. The van der Waals surface area contributed by atoms with Gasteiger partial charge in [-0.3, -0.25) is 9.69 Å². The molecule has 20 heavy (non-hydrogen) atoms. The van der Waals surface area contributed by atoms with Gasteiger partial charge >= 0.3 is 6.03 Å². The van der Waals surface area contributed by atoms with Crippen LogP contribution in [0.15, 0.2) is 40.5 Å². The zero-order valence-corrected chi connectivity index (χ0v) is 11.7. The van der Waals surface area contributed by atoms with Gasteiger partial charge in [-0.05, 0) is 32.1 Å². The number of carbonyl (C=O) groups excluding carboxylic acids is 2. The largest absolute Gasteiger partial charge is 0.465 e.